The van der Waals surface area contributed by atoms with Crippen LogP contribution < -0.4 is 5.32 Å². The van der Waals surface area contributed by atoms with E-state index in [4.69, 9.17) is 15.3 Å². The molecule has 0 saturated carbocycles. The minimum Gasteiger partial charge on any atom is -0.480 e. The maximum Gasteiger partial charge on any atom is 0.391 e. The molecule has 0 aliphatic carbocycles. The lowest BCUT2D eigenvalue weighted by Crippen LogP contribution is -2.60. The van der Waals surface area contributed by atoms with Gasteiger partial charge in [0.05, 0.1) is 32.6 Å². The summed E-state index contributed by atoms with van der Waals surface area (Å²) < 4.78 is 36.8. The fraction of sp³-hybridized carbons (Fsp3) is 0.688. The zero-order chi connectivity index (χ0) is 25.1. The molecular weight excluding hydrogens is 451 g/mol. The normalized spacial score (nSPS) is 13.0. The van der Waals surface area contributed by atoms with Crippen LogP contribution in [0.4, 0.5) is 13.2 Å². The number of alkyl halides is 3. The molecule has 184 valence electrons. The third kappa shape index (κ3) is 13.3. The van der Waals surface area contributed by atoms with E-state index in [0.717, 1.165) is 4.90 Å². The van der Waals surface area contributed by atoms with Crippen LogP contribution in [0.3, 0.4) is 0 Å². The maximum atomic E-state index is 12.5. The van der Waals surface area contributed by atoms with Crippen LogP contribution in [-0.2, 0) is 24.0 Å². The number of hydrogen-bond acceptors (Lipinski definition) is 7. The van der Waals surface area contributed by atoms with Gasteiger partial charge in [0.1, 0.15) is 6.04 Å². The quantitative estimate of drug-likeness (QED) is 0.132. The summed E-state index contributed by atoms with van der Waals surface area (Å²) in [7, 11) is 0. The Morgan fingerprint density at radius 1 is 0.812 bits per heavy atom. The predicted octanol–water partition coefficient (Wildman–Crippen LogP) is -1.56. The number of hydrogen-bond donors (Lipinski definition) is 6. The minimum absolute atomic E-state index is 0.357. The number of nitrogens with zero attached hydrogens (tertiary/aromatic N) is 2. The van der Waals surface area contributed by atoms with Gasteiger partial charge >= 0.3 is 36.0 Å². The lowest BCUT2D eigenvalue weighted by atomic mass is 10.2. The molecule has 0 aromatic heterocycles. The van der Waals surface area contributed by atoms with Crippen LogP contribution in [0.15, 0.2) is 0 Å². The van der Waals surface area contributed by atoms with Crippen LogP contribution in [-0.4, -0.2) is 129 Å². The number of aliphatic carboxylic acids is 5. The molecule has 0 heterocycles. The Labute approximate surface area is 179 Å². The summed E-state index contributed by atoms with van der Waals surface area (Å²) in [6.07, 6.45) is -6.52. The van der Waals surface area contributed by atoms with Crippen molar-refractivity contribution in [3.8, 4) is 0 Å². The Morgan fingerprint density at radius 3 is 1.62 bits per heavy atom. The summed E-state index contributed by atoms with van der Waals surface area (Å²) in [5, 5.41) is 47.2. The lowest BCUT2D eigenvalue weighted by molar-refractivity contribution is -0.913. The van der Waals surface area contributed by atoms with Crippen molar-refractivity contribution in [3.05, 3.63) is 0 Å². The van der Waals surface area contributed by atoms with Gasteiger partial charge in [-0.1, -0.05) is 0 Å². The SMILES string of the molecule is O=C(O)CN(CC[N+](CCNC(CC(F)(F)F)C(=O)O)(CC(=O)O)CC(=O)O)CC(=O)O. The topological polar surface area (TPSA) is 202 Å². The van der Waals surface area contributed by atoms with Gasteiger partial charge in [-0.15, -0.1) is 0 Å². The molecule has 0 aliphatic heterocycles. The first-order chi connectivity index (χ1) is 14.5. The van der Waals surface area contributed by atoms with Crippen LogP contribution in [0.1, 0.15) is 6.42 Å². The van der Waals surface area contributed by atoms with Gasteiger partial charge in [-0.25, -0.2) is 9.59 Å². The molecule has 1 unspecified atom stereocenters. The first kappa shape index (κ1) is 29.0. The van der Waals surface area contributed by atoms with E-state index in [1.807, 2.05) is 0 Å². The number of carboxylic acids is 5. The predicted molar refractivity (Wildman–Crippen MR) is 96.8 cm³/mol. The average molecular weight is 476 g/mol. The molecule has 0 radical (unpaired) electrons. The minimum atomic E-state index is -4.81. The number of quaternary nitrogens is 1. The summed E-state index contributed by atoms with van der Waals surface area (Å²) in [6.45, 7) is -4.83. The molecule has 0 aromatic carbocycles. The number of rotatable bonds is 17. The molecule has 13 nitrogen and oxygen atoms in total. The molecule has 0 aromatic rings. The van der Waals surface area contributed by atoms with E-state index in [-0.39, 0.29) is 13.1 Å². The Morgan fingerprint density at radius 2 is 1.28 bits per heavy atom. The van der Waals surface area contributed by atoms with Gasteiger partial charge in [0, 0.05) is 13.1 Å². The van der Waals surface area contributed by atoms with Crippen LogP contribution in [0.2, 0.25) is 0 Å². The van der Waals surface area contributed by atoms with E-state index in [9.17, 15) is 47.4 Å². The summed E-state index contributed by atoms with van der Waals surface area (Å²) >= 11 is 0. The lowest BCUT2D eigenvalue weighted by Gasteiger charge is -2.37. The van der Waals surface area contributed by atoms with Crippen molar-refractivity contribution in [2.45, 2.75) is 18.6 Å². The van der Waals surface area contributed by atoms with Gasteiger partial charge in [-0.05, 0) is 0 Å². The Hall–Kier alpha value is -2.98. The summed E-state index contributed by atoms with van der Waals surface area (Å²) in [4.78, 5) is 56.4. The second kappa shape index (κ2) is 12.8. The Bertz CT molecular complexity index is 669. The van der Waals surface area contributed by atoms with Crippen molar-refractivity contribution >= 4 is 29.8 Å². The van der Waals surface area contributed by atoms with E-state index in [0.29, 0.717) is 0 Å². The van der Waals surface area contributed by atoms with Crippen molar-refractivity contribution in [1.29, 1.82) is 0 Å². The highest BCUT2D eigenvalue weighted by atomic mass is 19.4. The van der Waals surface area contributed by atoms with Gasteiger partial charge in [0.25, 0.3) is 0 Å². The number of carboxylic acid groups (broad SMARTS) is 5. The highest BCUT2D eigenvalue weighted by molar-refractivity contribution is 5.73. The van der Waals surface area contributed by atoms with Crippen LogP contribution >= 0.6 is 0 Å². The third-order valence-corrected chi connectivity index (χ3v) is 4.26. The summed E-state index contributed by atoms with van der Waals surface area (Å²) in [5.41, 5.74) is 0. The standard InChI is InChI=1S/C16H24F3N3O10/c17-16(18,19)5-10(15(31)32)20-1-3-22(8-13(27)28,9-14(29)30)4-2-21(6-11(23)24)7-12(25)26/h10,20H,1-9H2,(H4-,23,24,25,26,27,28,29,30,31,32)/p+1. The molecule has 0 saturated heterocycles. The highest BCUT2D eigenvalue weighted by Crippen LogP contribution is 2.21. The molecule has 0 spiro atoms. The zero-order valence-corrected chi connectivity index (χ0v) is 16.7. The molecule has 6 N–H and O–H groups in total. The van der Waals surface area contributed by atoms with Crippen LogP contribution in [0.5, 0.6) is 0 Å². The zero-order valence-electron chi connectivity index (χ0n) is 16.7. The van der Waals surface area contributed by atoms with E-state index >= 15 is 0 Å². The van der Waals surface area contributed by atoms with Crippen molar-refractivity contribution in [3.63, 3.8) is 0 Å². The van der Waals surface area contributed by atoms with Crippen molar-refractivity contribution in [2.75, 3.05) is 52.4 Å². The van der Waals surface area contributed by atoms with E-state index in [1.165, 1.54) is 0 Å². The number of halogens is 3. The van der Waals surface area contributed by atoms with Gasteiger partial charge in [-0.2, -0.15) is 13.2 Å². The fourth-order valence-corrected chi connectivity index (χ4v) is 2.96. The Kier molecular flexibility index (Phi) is 11.6. The molecule has 1 atom stereocenters. The largest absolute Gasteiger partial charge is 0.480 e. The fourth-order valence-electron chi connectivity index (χ4n) is 2.96. The molecule has 0 bridgehead atoms. The monoisotopic (exact) mass is 476 g/mol. The van der Waals surface area contributed by atoms with E-state index < -0.39 is 92.2 Å². The van der Waals surface area contributed by atoms with E-state index in [2.05, 4.69) is 5.32 Å². The molecule has 0 amide bonds. The molecule has 0 aliphatic rings. The van der Waals surface area contributed by atoms with Crippen molar-refractivity contribution < 1.29 is 67.2 Å². The van der Waals surface area contributed by atoms with Crippen LogP contribution in [0, 0.1) is 0 Å². The highest BCUT2D eigenvalue weighted by Gasteiger charge is 2.37. The molecular formula is C16H25F3N3O10+. The molecule has 16 heteroatoms. The first-order valence-corrected chi connectivity index (χ1v) is 9.03. The van der Waals surface area contributed by atoms with Gasteiger partial charge in [0.15, 0.2) is 13.1 Å². The second-order valence-corrected chi connectivity index (χ2v) is 7.05. The third-order valence-electron chi connectivity index (χ3n) is 4.26. The Balaban J connectivity index is 5.55. The van der Waals surface area contributed by atoms with Crippen LogP contribution in [0.25, 0.3) is 0 Å². The number of carbonyl (C=O) groups is 5. The smallest absolute Gasteiger partial charge is 0.391 e. The first-order valence-electron chi connectivity index (χ1n) is 9.03. The van der Waals surface area contributed by atoms with E-state index in [1.54, 1.807) is 0 Å². The molecule has 0 fully saturated rings. The van der Waals surface area contributed by atoms with Crippen molar-refractivity contribution in [2.24, 2.45) is 0 Å². The summed E-state index contributed by atoms with van der Waals surface area (Å²) in [6, 6.07) is -2.05. The maximum absolute atomic E-state index is 12.5. The average Bonchev–Trinajstić information content (AvgIpc) is 2.55. The van der Waals surface area contributed by atoms with Gasteiger partial charge in [-0.3, -0.25) is 24.6 Å². The molecule has 0 rings (SSSR count). The van der Waals surface area contributed by atoms with Crippen molar-refractivity contribution in [1.82, 2.24) is 10.2 Å². The number of nitrogens with one attached hydrogen (secondary N) is 1. The summed E-state index contributed by atoms with van der Waals surface area (Å²) in [5.74, 6) is -7.54. The van der Waals surface area contributed by atoms with Gasteiger partial charge in [0.2, 0.25) is 0 Å². The van der Waals surface area contributed by atoms with Gasteiger partial charge < -0.3 is 30.0 Å². The molecule has 32 heavy (non-hydrogen) atoms. The second-order valence-electron chi connectivity index (χ2n) is 7.05.